The van der Waals surface area contributed by atoms with Crippen molar-refractivity contribution in [3.63, 3.8) is 0 Å². The van der Waals surface area contributed by atoms with Crippen LogP contribution in [0.2, 0.25) is 0 Å². The Labute approximate surface area is 85.9 Å². The summed E-state index contributed by atoms with van der Waals surface area (Å²) in [5.74, 6) is 1.20. The average molecular weight is 277 g/mol. The van der Waals surface area contributed by atoms with Gasteiger partial charge in [0, 0.05) is 8.47 Å². The summed E-state index contributed by atoms with van der Waals surface area (Å²) in [5.41, 5.74) is 0. The molecule has 0 aliphatic carbocycles. The van der Waals surface area contributed by atoms with Crippen LogP contribution in [0, 0.1) is 9.64 Å². The van der Waals surface area contributed by atoms with E-state index in [1.54, 1.807) is 0 Å². The minimum Gasteiger partial charge on any atom is -0.125 e. The van der Waals surface area contributed by atoms with E-state index in [9.17, 15) is 0 Å². The third kappa shape index (κ3) is 3.03. The summed E-state index contributed by atoms with van der Waals surface area (Å²) in [6.45, 7) is 2.20. The van der Waals surface area contributed by atoms with E-state index in [0.717, 1.165) is 0 Å². The molecule has 1 aromatic carbocycles. The van der Waals surface area contributed by atoms with E-state index in [4.69, 9.17) is 0 Å². The Bertz CT molecular complexity index is 223. The van der Waals surface area contributed by atoms with Crippen molar-refractivity contribution in [2.45, 2.75) is 18.2 Å². The van der Waals surface area contributed by atoms with Gasteiger partial charge >= 0.3 is 0 Å². The maximum absolute atomic E-state index is 3.17. The zero-order valence-electron chi connectivity index (χ0n) is 6.43. The van der Waals surface area contributed by atoms with Crippen molar-refractivity contribution in [2.24, 2.45) is 0 Å². The first-order valence-corrected chi connectivity index (χ1v) is 5.70. The molecule has 1 radical (unpaired) electrons. The Morgan fingerprint density at radius 1 is 1.64 bits per heavy atom. The normalized spacial score (nSPS) is 10.0. The summed E-state index contributed by atoms with van der Waals surface area (Å²) in [4.78, 5) is 1.36. The molecular weight excluding hydrogens is 267 g/mol. The van der Waals surface area contributed by atoms with Gasteiger partial charge in [0.2, 0.25) is 0 Å². The smallest absolute Gasteiger partial charge is 0.0345 e. The first kappa shape index (κ1) is 9.39. The van der Waals surface area contributed by atoms with Crippen LogP contribution < -0.4 is 0 Å². The number of hydrogen-bond donors (Lipinski definition) is 0. The topological polar surface area (TPSA) is 0 Å². The third-order valence-corrected chi connectivity index (χ3v) is 3.75. The summed E-state index contributed by atoms with van der Waals surface area (Å²) in [7, 11) is 0. The Balaban J connectivity index is 2.62. The minimum absolute atomic E-state index is 1.20. The lowest BCUT2D eigenvalue weighted by Gasteiger charge is -2.00. The standard InChI is InChI=1S/C9H10IS/c1-2-7-11-9-6-4-3-5-8(9)10/h3-4,6H,2,7H2,1H3. The molecule has 0 aliphatic rings. The molecule has 59 valence electrons. The highest BCUT2D eigenvalue weighted by molar-refractivity contribution is 14.1. The first-order chi connectivity index (χ1) is 5.34. The van der Waals surface area contributed by atoms with E-state index >= 15 is 0 Å². The second-order valence-electron chi connectivity index (χ2n) is 2.20. The fourth-order valence-corrected chi connectivity index (χ4v) is 2.34. The van der Waals surface area contributed by atoms with Gasteiger partial charge in [-0.05, 0) is 46.9 Å². The van der Waals surface area contributed by atoms with Crippen LogP contribution in [0.5, 0.6) is 0 Å². The second kappa shape index (κ2) is 5.04. The molecule has 11 heavy (non-hydrogen) atoms. The molecule has 0 amide bonds. The maximum Gasteiger partial charge on any atom is 0.0345 e. The lowest BCUT2D eigenvalue weighted by molar-refractivity contribution is 1.10. The lowest BCUT2D eigenvalue weighted by atomic mass is 10.4. The van der Waals surface area contributed by atoms with Crippen molar-refractivity contribution in [1.29, 1.82) is 0 Å². The molecule has 2 heteroatoms. The molecule has 0 saturated heterocycles. The summed E-state index contributed by atoms with van der Waals surface area (Å²) in [5, 5.41) is 0. The highest BCUT2D eigenvalue weighted by Gasteiger charge is 1.96. The Morgan fingerprint density at radius 3 is 3.09 bits per heavy atom. The molecule has 0 saturated carbocycles. The molecule has 1 aromatic rings. The monoisotopic (exact) mass is 277 g/mol. The van der Waals surface area contributed by atoms with Crippen molar-refractivity contribution in [3.8, 4) is 0 Å². The van der Waals surface area contributed by atoms with Crippen LogP contribution >= 0.6 is 34.4 Å². The Kier molecular flexibility index (Phi) is 4.30. The van der Waals surface area contributed by atoms with Crippen LogP contribution in [0.25, 0.3) is 0 Å². The molecule has 0 N–H and O–H groups in total. The SMILES string of the molecule is CCCSc1ccc[c]c1I. The van der Waals surface area contributed by atoms with Crippen LogP contribution in [-0.2, 0) is 0 Å². The van der Waals surface area contributed by atoms with Gasteiger partial charge in [0.15, 0.2) is 0 Å². The zero-order valence-corrected chi connectivity index (χ0v) is 9.41. The zero-order chi connectivity index (χ0) is 8.10. The van der Waals surface area contributed by atoms with Crippen molar-refractivity contribution in [2.75, 3.05) is 5.75 Å². The van der Waals surface area contributed by atoms with Crippen LogP contribution in [0.4, 0.5) is 0 Å². The molecule has 0 fully saturated rings. The van der Waals surface area contributed by atoms with Gasteiger partial charge in [-0.1, -0.05) is 19.1 Å². The predicted octanol–water partition coefficient (Wildman–Crippen LogP) is 3.59. The molecule has 0 aliphatic heterocycles. The molecule has 0 aromatic heterocycles. The number of rotatable bonds is 3. The van der Waals surface area contributed by atoms with Gasteiger partial charge < -0.3 is 0 Å². The Morgan fingerprint density at radius 2 is 2.45 bits per heavy atom. The van der Waals surface area contributed by atoms with Crippen molar-refractivity contribution in [1.82, 2.24) is 0 Å². The van der Waals surface area contributed by atoms with Gasteiger partial charge in [0.25, 0.3) is 0 Å². The van der Waals surface area contributed by atoms with Crippen LogP contribution in [0.3, 0.4) is 0 Å². The molecule has 0 atom stereocenters. The molecule has 1 rings (SSSR count). The summed E-state index contributed by atoms with van der Waals surface area (Å²) in [6.07, 6.45) is 1.23. The van der Waals surface area contributed by atoms with Crippen molar-refractivity contribution in [3.05, 3.63) is 27.8 Å². The predicted molar refractivity (Wildman–Crippen MR) is 59.0 cm³/mol. The van der Waals surface area contributed by atoms with E-state index in [0.29, 0.717) is 0 Å². The number of benzene rings is 1. The average Bonchev–Trinajstić information content (AvgIpc) is 2.03. The largest absolute Gasteiger partial charge is 0.125 e. The molecule has 0 unspecified atom stereocenters. The summed E-state index contributed by atoms with van der Waals surface area (Å²) in [6, 6.07) is 9.32. The highest BCUT2D eigenvalue weighted by atomic mass is 127. The number of thioether (sulfide) groups is 1. The molecule has 0 spiro atoms. The quantitative estimate of drug-likeness (QED) is 0.601. The van der Waals surface area contributed by atoms with Gasteiger partial charge in [-0.3, -0.25) is 0 Å². The van der Waals surface area contributed by atoms with Crippen molar-refractivity contribution < 1.29 is 0 Å². The van der Waals surface area contributed by atoms with E-state index in [-0.39, 0.29) is 0 Å². The molecule has 0 nitrogen and oxygen atoms in total. The third-order valence-electron chi connectivity index (χ3n) is 1.23. The molecule has 0 heterocycles. The van der Waals surface area contributed by atoms with E-state index in [1.165, 1.54) is 20.6 Å². The highest BCUT2D eigenvalue weighted by Crippen LogP contribution is 2.23. The number of halogens is 1. The van der Waals surface area contributed by atoms with E-state index < -0.39 is 0 Å². The summed E-state index contributed by atoms with van der Waals surface area (Å²) < 4.78 is 1.24. The minimum atomic E-state index is 1.20. The van der Waals surface area contributed by atoms with Gasteiger partial charge in [0.05, 0.1) is 0 Å². The first-order valence-electron chi connectivity index (χ1n) is 3.63. The van der Waals surface area contributed by atoms with E-state index in [1.807, 2.05) is 23.9 Å². The van der Waals surface area contributed by atoms with Crippen LogP contribution in [0.1, 0.15) is 13.3 Å². The number of hydrogen-bond acceptors (Lipinski definition) is 1. The Hall–Kier alpha value is 0.300. The fourth-order valence-electron chi connectivity index (χ4n) is 0.725. The van der Waals surface area contributed by atoms with Crippen LogP contribution in [0.15, 0.2) is 23.1 Å². The van der Waals surface area contributed by atoms with Crippen LogP contribution in [-0.4, -0.2) is 5.75 Å². The van der Waals surface area contributed by atoms with Gasteiger partial charge in [-0.25, -0.2) is 0 Å². The van der Waals surface area contributed by atoms with Gasteiger partial charge in [0.1, 0.15) is 0 Å². The fraction of sp³-hybridized carbons (Fsp3) is 0.333. The molecular formula is C9H10IS. The van der Waals surface area contributed by atoms with Gasteiger partial charge in [-0.15, -0.1) is 11.8 Å². The second-order valence-corrected chi connectivity index (χ2v) is 4.41. The lowest BCUT2D eigenvalue weighted by Crippen LogP contribution is -1.79. The summed E-state index contributed by atoms with van der Waals surface area (Å²) >= 11 is 4.23. The molecule has 0 bridgehead atoms. The van der Waals surface area contributed by atoms with Gasteiger partial charge in [-0.2, -0.15) is 0 Å². The van der Waals surface area contributed by atoms with Crippen molar-refractivity contribution >= 4 is 34.4 Å². The maximum atomic E-state index is 3.17. The van der Waals surface area contributed by atoms with E-state index in [2.05, 4.69) is 41.6 Å².